The molecule has 1 aliphatic rings. The van der Waals surface area contributed by atoms with E-state index in [2.05, 4.69) is 10.9 Å². The highest BCUT2D eigenvalue weighted by Crippen LogP contribution is 2.38. The molecule has 0 aliphatic carbocycles. The highest BCUT2D eigenvalue weighted by atomic mass is 16.8. The summed E-state index contributed by atoms with van der Waals surface area (Å²) in [5.41, 5.74) is -0.666. The molecule has 0 unspecified atom stereocenters. The zero-order valence-corrected chi connectivity index (χ0v) is 24.4. The number of rotatable bonds is 17. The maximum atomic E-state index is 12.9. The molecule has 0 radical (unpaired) electrons. The number of hydrogen-bond acceptors (Lipinski definition) is 9. The maximum Gasteiger partial charge on any atom is 0.330 e. The number of unbranched alkanes of at least 4 members (excludes halogenated alkanes) is 8. The lowest BCUT2D eigenvalue weighted by molar-refractivity contribution is -0.185. The van der Waals surface area contributed by atoms with Crippen molar-refractivity contribution >= 4 is 11.9 Å². The SMILES string of the molecule is C#CCCCCCCCCCCc1cn([C@H]2OC(C)(C)O[C@@H]2[C@@H](OC)[C@@H](COC(C)=O)OC(C)=O)c(=O)[nH]c1=O. The number of esters is 2. The molecule has 11 nitrogen and oxygen atoms in total. The lowest BCUT2D eigenvalue weighted by Crippen LogP contribution is -2.49. The third kappa shape index (κ3) is 10.6. The summed E-state index contributed by atoms with van der Waals surface area (Å²) in [4.78, 5) is 51.1. The Balaban J connectivity index is 2.15. The zero-order valence-electron chi connectivity index (χ0n) is 24.4. The number of aromatic nitrogens is 2. The third-order valence-corrected chi connectivity index (χ3v) is 6.67. The van der Waals surface area contributed by atoms with Crippen molar-refractivity contribution in [2.75, 3.05) is 13.7 Å². The average molecular weight is 565 g/mol. The van der Waals surface area contributed by atoms with Crippen LogP contribution >= 0.6 is 0 Å². The van der Waals surface area contributed by atoms with Gasteiger partial charge in [0.1, 0.15) is 18.8 Å². The molecule has 224 valence electrons. The minimum Gasteiger partial charge on any atom is -0.462 e. The maximum absolute atomic E-state index is 12.9. The van der Waals surface area contributed by atoms with Crippen molar-refractivity contribution in [1.82, 2.24) is 9.55 Å². The van der Waals surface area contributed by atoms with Gasteiger partial charge in [0.15, 0.2) is 18.1 Å². The fourth-order valence-electron chi connectivity index (χ4n) is 4.82. The van der Waals surface area contributed by atoms with Crippen LogP contribution in [-0.2, 0) is 39.7 Å². The van der Waals surface area contributed by atoms with Crippen LogP contribution in [0.2, 0.25) is 0 Å². The number of hydrogen-bond donors (Lipinski definition) is 1. The van der Waals surface area contributed by atoms with Gasteiger partial charge in [0.2, 0.25) is 0 Å². The molecular weight excluding hydrogens is 520 g/mol. The molecule has 2 heterocycles. The number of H-pyrrole nitrogens is 1. The van der Waals surface area contributed by atoms with Gasteiger partial charge in [-0.05, 0) is 33.1 Å². The summed E-state index contributed by atoms with van der Waals surface area (Å²) in [6.07, 6.45) is 12.7. The highest BCUT2D eigenvalue weighted by Gasteiger charge is 2.50. The van der Waals surface area contributed by atoms with Crippen molar-refractivity contribution in [3.05, 3.63) is 32.6 Å². The topological polar surface area (TPSA) is 135 Å². The van der Waals surface area contributed by atoms with Crippen molar-refractivity contribution in [3.63, 3.8) is 0 Å². The van der Waals surface area contributed by atoms with Crippen LogP contribution in [0.5, 0.6) is 0 Å². The molecular formula is C29H44N2O9. The van der Waals surface area contributed by atoms with E-state index in [1.807, 2.05) is 0 Å². The van der Waals surface area contributed by atoms with E-state index < -0.39 is 53.5 Å². The van der Waals surface area contributed by atoms with Gasteiger partial charge >= 0.3 is 17.6 Å². The number of aryl methyl sites for hydroxylation is 1. The van der Waals surface area contributed by atoms with Crippen LogP contribution in [0, 0.1) is 12.3 Å². The van der Waals surface area contributed by atoms with Gasteiger partial charge in [-0.15, -0.1) is 12.3 Å². The van der Waals surface area contributed by atoms with E-state index in [0.717, 1.165) is 44.9 Å². The Bertz CT molecular complexity index is 1120. The van der Waals surface area contributed by atoms with Crippen LogP contribution in [0.1, 0.15) is 97.3 Å². The van der Waals surface area contributed by atoms with E-state index in [9.17, 15) is 19.2 Å². The van der Waals surface area contributed by atoms with Crippen LogP contribution in [0.25, 0.3) is 0 Å². The lowest BCUT2D eigenvalue weighted by atomic mass is 10.0. The van der Waals surface area contributed by atoms with Crippen molar-refractivity contribution in [3.8, 4) is 12.3 Å². The van der Waals surface area contributed by atoms with Crippen molar-refractivity contribution < 1.29 is 33.3 Å². The molecule has 40 heavy (non-hydrogen) atoms. The quantitative estimate of drug-likeness (QED) is 0.172. The first-order valence-corrected chi connectivity index (χ1v) is 14.0. The number of ether oxygens (including phenoxy) is 5. The molecule has 1 aromatic rings. The number of carbonyl (C=O) groups is 2. The molecule has 0 aromatic carbocycles. The van der Waals surface area contributed by atoms with Crippen LogP contribution in [0.3, 0.4) is 0 Å². The summed E-state index contributed by atoms with van der Waals surface area (Å²) < 4.78 is 29.5. The first kappa shape index (κ1) is 33.3. The predicted molar refractivity (Wildman–Crippen MR) is 147 cm³/mol. The number of carbonyl (C=O) groups excluding carboxylic acids is 2. The van der Waals surface area contributed by atoms with Crippen molar-refractivity contribution in [2.24, 2.45) is 0 Å². The number of methoxy groups -OCH3 is 1. The van der Waals surface area contributed by atoms with E-state index in [0.29, 0.717) is 12.0 Å². The van der Waals surface area contributed by atoms with E-state index >= 15 is 0 Å². The number of nitrogens with zero attached hydrogens (tertiary/aromatic N) is 1. The Morgan fingerprint density at radius 3 is 2.25 bits per heavy atom. The van der Waals surface area contributed by atoms with Gasteiger partial charge in [-0.25, -0.2) is 4.79 Å². The molecule has 1 fully saturated rings. The number of terminal acetylenes is 1. The second kappa shape index (κ2) is 16.4. The Morgan fingerprint density at radius 1 is 1.05 bits per heavy atom. The largest absolute Gasteiger partial charge is 0.462 e. The molecule has 1 aromatic heterocycles. The van der Waals surface area contributed by atoms with Gasteiger partial charge in [0.25, 0.3) is 5.56 Å². The molecule has 1 aliphatic heterocycles. The number of aromatic amines is 1. The van der Waals surface area contributed by atoms with Gasteiger partial charge in [-0.1, -0.05) is 38.5 Å². The van der Waals surface area contributed by atoms with Crippen molar-refractivity contribution in [1.29, 1.82) is 0 Å². The molecule has 1 saturated heterocycles. The molecule has 0 bridgehead atoms. The Labute approximate surface area is 235 Å². The summed E-state index contributed by atoms with van der Waals surface area (Å²) in [7, 11) is 1.39. The monoisotopic (exact) mass is 564 g/mol. The minimum atomic E-state index is -1.13. The van der Waals surface area contributed by atoms with E-state index in [1.54, 1.807) is 13.8 Å². The summed E-state index contributed by atoms with van der Waals surface area (Å²) in [5.74, 6) is 0.357. The summed E-state index contributed by atoms with van der Waals surface area (Å²) in [6.45, 7) is 5.52. The Hall–Kier alpha value is -2.94. The number of nitrogens with one attached hydrogen (secondary N) is 1. The van der Waals surface area contributed by atoms with Gasteiger partial charge in [-0.3, -0.25) is 23.9 Å². The molecule has 1 N–H and O–H groups in total. The molecule has 2 rings (SSSR count). The van der Waals surface area contributed by atoms with Gasteiger partial charge in [0, 0.05) is 39.1 Å². The van der Waals surface area contributed by atoms with Crippen LogP contribution < -0.4 is 11.2 Å². The Kier molecular flexibility index (Phi) is 13.6. The van der Waals surface area contributed by atoms with Crippen LogP contribution in [-0.4, -0.2) is 59.3 Å². The summed E-state index contributed by atoms with van der Waals surface area (Å²) in [5, 5.41) is 0. The van der Waals surface area contributed by atoms with Gasteiger partial charge in [-0.2, -0.15) is 0 Å². The van der Waals surface area contributed by atoms with Crippen LogP contribution in [0.15, 0.2) is 15.8 Å². The second-order valence-corrected chi connectivity index (χ2v) is 10.5. The summed E-state index contributed by atoms with van der Waals surface area (Å²) in [6, 6.07) is 0. The second-order valence-electron chi connectivity index (χ2n) is 10.5. The fourth-order valence-corrected chi connectivity index (χ4v) is 4.82. The first-order valence-electron chi connectivity index (χ1n) is 14.0. The molecule has 0 amide bonds. The van der Waals surface area contributed by atoms with E-state index in [1.165, 1.54) is 44.6 Å². The van der Waals surface area contributed by atoms with Gasteiger partial charge in [0.05, 0.1) is 0 Å². The molecule has 11 heteroatoms. The zero-order chi connectivity index (χ0) is 29.7. The first-order chi connectivity index (χ1) is 19.0. The molecule has 0 spiro atoms. The van der Waals surface area contributed by atoms with E-state index in [4.69, 9.17) is 30.1 Å². The lowest BCUT2D eigenvalue weighted by Gasteiger charge is -2.31. The molecule has 0 saturated carbocycles. The third-order valence-electron chi connectivity index (χ3n) is 6.67. The normalized spacial score (nSPS) is 19.5. The molecule has 4 atom stereocenters. The standard InChI is InChI=1S/C29H44N2O9/c1-7-8-9-10-11-12-13-14-15-16-17-22-18-31(28(35)30-26(22)34)27-25(39-29(4,5)40-27)24(36-6)23(38-21(3)33)19-37-20(2)32/h1,18,23-25,27H,8-17,19H2,2-6H3,(H,30,34,35)/t23-,24+,25-,27+/m1/s1. The highest BCUT2D eigenvalue weighted by molar-refractivity contribution is 5.67. The summed E-state index contributed by atoms with van der Waals surface area (Å²) >= 11 is 0. The Morgan fingerprint density at radius 2 is 1.68 bits per heavy atom. The minimum absolute atomic E-state index is 0.281. The fraction of sp³-hybridized carbons (Fsp3) is 0.724. The predicted octanol–water partition coefficient (Wildman–Crippen LogP) is 3.38. The smallest absolute Gasteiger partial charge is 0.330 e. The van der Waals surface area contributed by atoms with Crippen molar-refractivity contribution in [2.45, 2.75) is 122 Å². The van der Waals surface area contributed by atoms with Gasteiger partial charge < -0.3 is 23.7 Å². The average Bonchev–Trinajstić information content (AvgIpc) is 3.19. The van der Waals surface area contributed by atoms with E-state index in [-0.39, 0.29) is 6.61 Å². The van der Waals surface area contributed by atoms with Crippen LogP contribution in [0.4, 0.5) is 0 Å².